The Kier molecular flexibility index (Phi) is 10.9. The van der Waals surface area contributed by atoms with E-state index in [0.29, 0.717) is 12.5 Å². The predicted molar refractivity (Wildman–Crippen MR) is 140 cm³/mol. The fourth-order valence-corrected chi connectivity index (χ4v) is 4.10. The van der Waals surface area contributed by atoms with Crippen molar-refractivity contribution in [3.05, 3.63) is 71.0 Å². The van der Waals surface area contributed by atoms with E-state index in [0.717, 1.165) is 37.5 Å². The van der Waals surface area contributed by atoms with Crippen molar-refractivity contribution in [2.24, 2.45) is 10.9 Å². The van der Waals surface area contributed by atoms with Gasteiger partial charge in [-0.25, -0.2) is 4.39 Å². The number of guanidine groups is 1. The van der Waals surface area contributed by atoms with Crippen LogP contribution in [-0.4, -0.2) is 51.7 Å². The topological polar surface area (TPSA) is 48.9 Å². The third kappa shape index (κ3) is 7.42. The van der Waals surface area contributed by atoms with Gasteiger partial charge in [0.1, 0.15) is 5.82 Å². The Bertz CT molecular complexity index is 842. The first-order valence-electron chi connectivity index (χ1n) is 11.0. The van der Waals surface area contributed by atoms with Crippen LogP contribution < -0.4 is 10.6 Å². The van der Waals surface area contributed by atoms with E-state index in [-0.39, 0.29) is 41.9 Å². The van der Waals surface area contributed by atoms with Gasteiger partial charge < -0.3 is 20.3 Å². The van der Waals surface area contributed by atoms with Gasteiger partial charge in [0.15, 0.2) is 5.96 Å². The second-order valence-electron chi connectivity index (χ2n) is 8.47. The Balaban J connectivity index is 0.00000363. The minimum atomic E-state index is -0.218. The number of aryl methyl sites for hydroxylation is 1. The molecule has 3 atom stereocenters. The summed E-state index contributed by atoms with van der Waals surface area (Å²) in [6.45, 7) is 4.37. The van der Waals surface area contributed by atoms with E-state index < -0.39 is 0 Å². The number of nitrogens with zero attached hydrogens (tertiary/aromatic N) is 2. The lowest BCUT2D eigenvalue weighted by molar-refractivity contribution is -0.0265. The van der Waals surface area contributed by atoms with Crippen molar-refractivity contribution in [2.75, 3.05) is 40.8 Å². The number of halogens is 2. The molecule has 2 aromatic rings. The van der Waals surface area contributed by atoms with Gasteiger partial charge in [0, 0.05) is 32.7 Å². The fraction of sp³-hybridized carbons (Fsp3) is 0.480. The zero-order valence-corrected chi connectivity index (χ0v) is 21.8. The highest BCUT2D eigenvalue weighted by Crippen LogP contribution is 2.33. The smallest absolute Gasteiger partial charge is 0.191 e. The van der Waals surface area contributed by atoms with E-state index in [9.17, 15) is 4.39 Å². The predicted octanol–water partition coefficient (Wildman–Crippen LogP) is 4.69. The summed E-state index contributed by atoms with van der Waals surface area (Å²) in [4.78, 5) is 6.52. The van der Waals surface area contributed by atoms with Crippen molar-refractivity contribution >= 4 is 29.9 Å². The normalized spacial score (nSPS) is 19.9. The standard InChI is InChI=1S/C25H35FN4O.HI/c1-18-7-9-20(10-8-18)24-21(6-5-15-31-24)16-28-25(27-2)29-17-23(30(3)4)19-11-13-22(26)14-12-19;/h7-14,21,23-24H,5-6,15-17H2,1-4H3,(H2,27,28,29);1H. The number of aliphatic imine (C=N–C) groups is 1. The molecule has 0 radical (unpaired) electrons. The minimum Gasteiger partial charge on any atom is -0.373 e. The number of rotatable bonds is 7. The molecule has 1 heterocycles. The second kappa shape index (κ2) is 13.1. The highest BCUT2D eigenvalue weighted by atomic mass is 127. The maximum atomic E-state index is 13.3. The van der Waals surface area contributed by atoms with Gasteiger partial charge in [-0.05, 0) is 57.1 Å². The lowest BCUT2D eigenvalue weighted by Gasteiger charge is -2.33. The van der Waals surface area contributed by atoms with Gasteiger partial charge in [-0.15, -0.1) is 24.0 Å². The molecule has 32 heavy (non-hydrogen) atoms. The second-order valence-corrected chi connectivity index (χ2v) is 8.47. The van der Waals surface area contributed by atoms with E-state index in [2.05, 4.69) is 51.7 Å². The molecule has 0 aromatic heterocycles. The summed E-state index contributed by atoms with van der Waals surface area (Å²) in [5.41, 5.74) is 3.56. The van der Waals surface area contributed by atoms with Crippen molar-refractivity contribution in [1.29, 1.82) is 0 Å². The molecular weight excluding hydrogens is 518 g/mol. The lowest BCUT2D eigenvalue weighted by Crippen LogP contribution is -2.44. The first-order chi connectivity index (χ1) is 15.0. The molecule has 2 aromatic carbocycles. The van der Waals surface area contributed by atoms with E-state index in [1.165, 1.54) is 23.3 Å². The van der Waals surface area contributed by atoms with Crippen molar-refractivity contribution in [3.63, 3.8) is 0 Å². The summed E-state index contributed by atoms with van der Waals surface area (Å²) in [6.07, 6.45) is 2.31. The van der Waals surface area contributed by atoms with Crippen LogP contribution in [0.1, 0.15) is 41.7 Å². The molecule has 0 aliphatic carbocycles. The molecule has 0 bridgehead atoms. The number of hydrogen-bond acceptors (Lipinski definition) is 3. The largest absolute Gasteiger partial charge is 0.373 e. The monoisotopic (exact) mass is 554 g/mol. The average molecular weight is 554 g/mol. The van der Waals surface area contributed by atoms with E-state index >= 15 is 0 Å². The van der Waals surface area contributed by atoms with Crippen molar-refractivity contribution in [2.45, 2.75) is 31.9 Å². The molecule has 7 heteroatoms. The summed E-state index contributed by atoms with van der Waals surface area (Å²) < 4.78 is 19.4. The summed E-state index contributed by atoms with van der Waals surface area (Å²) in [5, 5.41) is 6.91. The van der Waals surface area contributed by atoms with Gasteiger partial charge in [-0.3, -0.25) is 4.99 Å². The summed E-state index contributed by atoms with van der Waals surface area (Å²) in [6, 6.07) is 15.4. The minimum absolute atomic E-state index is 0. The van der Waals surface area contributed by atoms with Gasteiger partial charge in [0.05, 0.1) is 12.1 Å². The molecule has 176 valence electrons. The molecule has 1 fully saturated rings. The highest BCUT2D eigenvalue weighted by molar-refractivity contribution is 14.0. The van der Waals surface area contributed by atoms with E-state index in [4.69, 9.17) is 4.74 Å². The Morgan fingerprint density at radius 2 is 1.81 bits per heavy atom. The van der Waals surface area contributed by atoms with Crippen molar-refractivity contribution < 1.29 is 9.13 Å². The van der Waals surface area contributed by atoms with Gasteiger partial charge >= 0.3 is 0 Å². The van der Waals surface area contributed by atoms with Gasteiger partial charge in [-0.1, -0.05) is 42.0 Å². The number of nitrogens with one attached hydrogen (secondary N) is 2. The van der Waals surface area contributed by atoms with Crippen LogP contribution in [0.4, 0.5) is 4.39 Å². The summed E-state index contributed by atoms with van der Waals surface area (Å²) >= 11 is 0. The maximum Gasteiger partial charge on any atom is 0.191 e. The molecule has 1 aliphatic rings. The number of hydrogen-bond donors (Lipinski definition) is 2. The van der Waals surface area contributed by atoms with E-state index in [1.807, 2.05) is 26.2 Å². The van der Waals surface area contributed by atoms with Crippen LogP contribution in [0.2, 0.25) is 0 Å². The Labute approximate surface area is 208 Å². The summed E-state index contributed by atoms with van der Waals surface area (Å²) in [5.74, 6) is 0.934. The quantitative estimate of drug-likeness (QED) is 0.297. The van der Waals surface area contributed by atoms with Crippen molar-refractivity contribution in [1.82, 2.24) is 15.5 Å². The number of ether oxygens (including phenoxy) is 1. The van der Waals surface area contributed by atoms with Crippen LogP contribution in [0.3, 0.4) is 0 Å². The lowest BCUT2D eigenvalue weighted by atomic mass is 9.89. The Morgan fingerprint density at radius 1 is 1.12 bits per heavy atom. The summed E-state index contributed by atoms with van der Waals surface area (Å²) in [7, 11) is 5.83. The van der Waals surface area contributed by atoms with Crippen molar-refractivity contribution in [3.8, 4) is 0 Å². The molecule has 1 aliphatic heterocycles. The third-order valence-electron chi connectivity index (χ3n) is 5.95. The molecule has 2 N–H and O–H groups in total. The van der Waals surface area contributed by atoms with Crippen LogP contribution in [-0.2, 0) is 4.74 Å². The van der Waals surface area contributed by atoms with Gasteiger partial charge in [0.2, 0.25) is 0 Å². The average Bonchev–Trinajstić information content (AvgIpc) is 2.78. The first-order valence-corrected chi connectivity index (χ1v) is 11.0. The maximum absolute atomic E-state index is 13.3. The zero-order chi connectivity index (χ0) is 22.2. The number of benzene rings is 2. The molecule has 0 amide bonds. The van der Waals surface area contributed by atoms with Gasteiger partial charge in [0.25, 0.3) is 0 Å². The molecule has 3 rings (SSSR count). The molecular formula is C25H36FIN4O. The molecule has 0 saturated carbocycles. The first kappa shape index (κ1) is 26.5. The van der Waals surface area contributed by atoms with Gasteiger partial charge in [-0.2, -0.15) is 0 Å². The fourth-order valence-electron chi connectivity index (χ4n) is 4.10. The number of likely N-dealkylation sites (N-methyl/N-ethyl adjacent to an activating group) is 1. The van der Waals surface area contributed by atoms with E-state index in [1.54, 1.807) is 7.05 Å². The zero-order valence-electron chi connectivity index (χ0n) is 19.5. The SMILES string of the molecule is CN=C(NCC1CCCOC1c1ccc(C)cc1)NCC(c1ccc(F)cc1)N(C)C.I. The molecule has 5 nitrogen and oxygen atoms in total. The van der Waals surface area contributed by atoms with Crippen LogP contribution in [0.5, 0.6) is 0 Å². The molecule has 1 saturated heterocycles. The molecule has 0 spiro atoms. The highest BCUT2D eigenvalue weighted by Gasteiger charge is 2.27. The van der Waals surface area contributed by atoms with Crippen LogP contribution >= 0.6 is 24.0 Å². The Morgan fingerprint density at radius 3 is 2.44 bits per heavy atom. The third-order valence-corrected chi connectivity index (χ3v) is 5.95. The Hall–Kier alpha value is -1.71. The van der Waals surface area contributed by atoms with Crippen LogP contribution in [0.15, 0.2) is 53.5 Å². The van der Waals surface area contributed by atoms with Crippen LogP contribution in [0.25, 0.3) is 0 Å². The van der Waals surface area contributed by atoms with Crippen LogP contribution in [0, 0.1) is 18.7 Å². The molecule has 3 unspecified atom stereocenters.